The van der Waals surface area contributed by atoms with Crippen LogP contribution < -0.4 is 10.6 Å². The first kappa shape index (κ1) is 22.1. The molecule has 0 bridgehead atoms. The van der Waals surface area contributed by atoms with Crippen LogP contribution in [-0.2, 0) is 19.7 Å². The van der Waals surface area contributed by atoms with Crippen LogP contribution in [0.3, 0.4) is 0 Å². The van der Waals surface area contributed by atoms with Crippen molar-refractivity contribution in [3.8, 4) is 0 Å². The molecule has 0 spiro atoms. The molecule has 1 saturated heterocycles. The van der Waals surface area contributed by atoms with Gasteiger partial charge in [0, 0.05) is 5.56 Å². The highest BCUT2D eigenvalue weighted by Gasteiger charge is 2.35. The van der Waals surface area contributed by atoms with E-state index < -0.39 is 12.1 Å². The van der Waals surface area contributed by atoms with Gasteiger partial charge in [0.15, 0.2) is 5.78 Å². The second kappa shape index (κ2) is 8.86. The van der Waals surface area contributed by atoms with E-state index in [4.69, 9.17) is 4.74 Å². The topological polar surface area (TPSA) is 84.5 Å². The Kier molecular flexibility index (Phi) is 6.99. The van der Waals surface area contributed by atoms with Crippen LogP contribution in [0.25, 0.3) is 0 Å². The molecule has 28 heavy (non-hydrogen) atoms. The summed E-state index contributed by atoms with van der Waals surface area (Å²) in [5.74, 6) is -0.604. The number of carbonyl (C=O) groups excluding carboxylic acids is 3. The maximum absolute atomic E-state index is 12.7. The summed E-state index contributed by atoms with van der Waals surface area (Å²) in [7, 11) is 0. The number of carbonyl (C=O) groups is 3. The number of ether oxygens (including phenoxy) is 1. The average molecular weight is 389 g/mol. The van der Waals surface area contributed by atoms with Crippen LogP contribution in [-0.4, -0.2) is 42.4 Å². The van der Waals surface area contributed by atoms with Crippen LogP contribution in [0.1, 0.15) is 63.9 Å². The van der Waals surface area contributed by atoms with E-state index in [1.165, 1.54) is 0 Å². The van der Waals surface area contributed by atoms with Gasteiger partial charge in [-0.25, -0.2) is 0 Å². The van der Waals surface area contributed by atoms with E-state index in [1.807, 2.05) is 26.0 Å². The molecule has 1 aliphatic heterocycles. The van der Waals surface area contributed by atoms with Gasteiger partial charge in [-0.2, -0.15) is 0 Å². The first-order chi connectivity index (χ1) is 13.0. The third kappa shape index (κ3) is 5.64. The van der Waals surface area contributed by atoms with Crippen molar-refractivity contribution in [1.29, 1.82) is 0 Å². The number of nitrogens with one attached hydrogen (secondary N) is 2. The molecule has 1 fully saturated rings. The Morgan fingerprint density at radius 3 is 2.25 bits per heavy atom. The lowest BCUT2D eigenvalue weighted by atomic mass is 9.86. The summed E-state index contributed by atoms with van der Waals surface area (Å²) in [5.41, 5.74) is 1.64. The maximum atomic E-state index is 12.7. The van der Waals surface area contributed by atoms with Gasteiger partial charge < -0.3 is 15.4 Å². The fourth-order valence-corrected chi connectivity index (χ4v) is 3.18. The molecule has 1 aliphatic rings. The molecule has 2 N–H and O–H groups in total. The van der Waals surface area contributed by atoms with Gasteiger partial charge in [0.25, 0.3) is 5.91 Å². The molecule has 6 heteroatoms. The second-order valence-corrected chi connectivity index (χ2v) is 8.95. The Morgan fingerprint density at radius 1 is 1.18 bits per heavy atom. The van der Waals surface area contributed by atoms with Gasteiger partial charge in [0.1, 0.15) is 18.7 Å². The molecule has 3 atom stereocenters. The van der Waals surface area contributed by atoms with Gasteiger partial charge in [-0.15, -0.1) is 0 Å². The second-order valence-electron chi connectivity index (χ2n) is 8.95. The molecule has 0 aromatic heterocycles. The lowest BCUT2D eigenvalue weighted by Gasteiger charge is -2.23. The molecule has 1 aromatic carbocycles. The first-order valence-electron chi connectivity index (χ1n) is 9.85. The third-order valence-electron chi connectivity index (χ3n) is 4.94. The van der Waals surface area contributed by atoms with Crippen molar-refractivity contribution in [3.63, 3.8) is 0 Å². The molecule has 0 aliphatic carbocycles. The number of amides is 2. The number of hydrogen-bond acceptors (Lipinski definition) is 4. The zero-order valence-corrected chi connectivity index (χ0v) is 17.7. The van der Waals surface area contributed by atoms with Crippen molar-refractivity contribution in [2.45, 2.75) is 71.6 Å². The zero-order chi connectivity index (χ0) is 21.1. The summed E-state index contributed by atoms with van der Waals surface area (Å²) in [6.45, 7) is 12.1. The number of Topliss-reactive ketones (excluding diaryl/α,β-unsaturated/α-hetero) is 1. The van der Waals surface area contributed by atoms with E-state index in [1.54, 1.807) is 19.1 Å². The van der Waals surface area contributed by atoms with E-state index in [-0.39, 0.29) is 41.6 Å². The zero-order valence-electron chi connectivity index (χ0n) is 17.7. The summed E-state index contributed by atoms with van der Waals surface area (Å²) in [5, 5.41) is 5.56. The van der Waals surface area contributed by atoms with Crippen molar-refractivity contribution in [2.24, 2.45) is 5.92 Å². The fraction of sp³-hybridized carbons (Fsp3) is 0.591. The van der Waals surface area contributed by atoms with Gasteiger partial charge in [-0.05, 0) is 42.4 Å². The highest BCUT2D eigenvalue weighted by molar-refractivity contribution is 5.99. The SMILES string of the molecule is CC(C)CC(NC(=O)c1ccc(C(C)(C)C)cc1)C(=O)N[C@@H]1C(=O)CO[C@@H]1C. The molecular weight excluding hydrogens is 356 g/mol. The van der Waals surface area contributed by atoms with Crippen molar-refractivity contribution in [1.82, 2.24) is 10.6 Å². The Hall–Kier alpha value is -2.21. The van der Waals surface area contributed by atoms with Gasteiger partial charge in [-0.1, -0.05) is 46.8 Å². The average Bonchev–Trinajstić information content (AvgIpc) is 2.92. The largest absolute Gasteiger partial charge is 0.368 e. The van der Waals surface area contributed by atoms with Crippen LogP contribution in [0.15, 0.2) is 24.3 Å². The molecular formula is C22H32N2O4. The summed E-state index contributed by atoms with van der Waals surface area (Å²) < 4.78 is 5.28. The lowest BCUT2D eigenvalue weighted by molar-refractivity contribution is -0.127. The van der Waals surface area contributed by atoms with E-state index in [0.717, 1.165) is 5.56 Å². The van der Waals surface area contributed by atoms with Crippen LogP contribution >= 0.6 is 0 Å². The molecule has 0 saturated carbocycles. The molecule has 6 nitrogen and oxygen atoms in total. The normalized spacial score (nSPS) is 20.9. The molecule has 2 rings (SSSR count). The molecule has 2 amide bonds. The molecule has 1 heterocycles. The molecule has 1 aromatic rings. The Morgan fingerprint density at radius 2 is 1.79 bits per heavy atom. The quantitative estimate of drug-likeness (QED) is 0.785. The fourth-order valence-electron chi connectivity index (χ4n) is 3.18. The molecule has 1 unspecified atom stereocenters. The van der Waals surface area contributed by atoms with Crippen LogP contribution in [0, 0.1) is 5.92 Å². The smallest absolute Gasteiger partial charge is 0.251 e. The van der Waals surface area contributed by atoms with Crippen molar-refractivity contribution in [2.75, 3.05) is 6.61 Å². The highest BCUT2D eigenvalue weighted by Crippen LogP contribution is 2.22. The van der Waals surface area contributed by atoms with Crippen molar-refractivity contribution < 1.29 is 19.1 Å². The van der Waals surface area contributed by atoms with Crippen molar-refractivity contribution in [3.05, 3.63) is 35.4 Å². The predicted molar refractivity (Wildman–Crippen MR) is 108 cm³/mol. The number of ketones is 1. The number of rotatable bonds is 6. The molecule has 0 radical (unpaired) electrons. The third-order valence-corrected chi connectivity index (χ3v) is 4.94. The molecule has 154 valence electrons. The van der Waals surface area contributed by atoms with Gasteiger partial charge in [0.05, 0.1) is 6.10 Å². The first-order valence-corrected chi connectivity index (χ1v) is 9.85. The number of hydrogen-bond donors (Lipinski definition) is 2. The van der Waals surface area contributed by atoms with Crippen LogP contribution in [0.4, 0.5) is 0 Å². The van der Waals surface area contributed by atoms with Crippen LogP contribution in [0.5, 0.6) is 0 Å². The lowest BCUT2D eigenvalue weighted by Crippen LogP contribution is -2.53. The minimum atomic E-state index is -0.713. The minimum Gasteiger partial charge on any atom is -0.368 e. The van der Waals surface area contributed by atoms with Gasteiger partial charge >= 0.3 is 0 Å². The van der Waals surface area contributed by atoms with Crippen LogP contribution in [0.2, 0.25) is 0 Å². The minimum absolute atomic E-state index is 0.00164. The van der Waals surface area contributed by atoms with Gasteiger partial charge in [-0.3, -0.25) is 14.4 Å². The monoisotopic (exact) mass is 388 g/mol. The van der Waals surface area contributed by atoms with E-state index >= 15 is 0 Å². The van der Waals surface area contributed by atoms with Gasteiger partial charge in [0.2, 0.25) is 5.91 Å². The number of benzene rings is 1. The highest BCUT2D eigenvalue weighted by atomic mass is 16.5. The van der Waals surface area contributed by atoms with Crippen molar-refractivity contribution >= 4 is 17.6 Å². The van der Waals surface area contributed by atoms with E-state index in [0.29, 0.717) is 12.0 Å². The maximum Gasteiger partial charge on any atom is 0.251 e. The standard InChI is InChI=1S/C22H32N2O4/c1-13(2)11-17(21(27)24-19-14(3)28-12-18(19)25)23-20(26)15-7-9-16(10-8-15)22(4,5)6/h7-10,13-14,17,19H,11-12H2,1-6H3,(H,23,26)(H,24,27)/t14-,17?,19+/m1/s1. The summed E-state index contributed by atoms with van der Waals surface area (Å²) >= 11 is 0. The van der Waals surface area contributed by atoms with E-state index in [9.17, 15) is 14.4 Å². The van der Waals surface area contributed by atoms with E-state index in [2.05, 4.69) is 31.4 Å². The summed E-state index contributed by atoms with van der Waals surface area (Å²) in [4.78, 5) is 37.3. The Bertz CT molecular complexity index is 719. The Labute approximate surface area is 167 Å². The summed E-state index contributed by atoms with van der Waals surface area (Å²) in [6.07, 6.45) is 0.116. The predicted octanol–water partition coefficient (Wildman–Crippen LogP) is 2.60. The summed E-state index contributed by atoms with van der Waals surface area (Å²) in [6, 6.07) is 6.04. The Balaban J connectivity index is 2.09.